The van der Waals surface area contributed by atoms with Crippen molar-refractivity contribution in [3.8, 4) is 0 Å². The molecule has 0 unspecified atom stereocenters. The first-order valence-corrected chi connectivity index (χ1v) is 12.8. The van der Waals surface area contributed by atoms with Gasteiger partial charge in [-0.1, -0.05) is 44.2 Å². The lowest BCUT2D eigenvalue weighted by Gasteiger charge is -2.38. The molecule has 1 aromatic carbocycles. The number of hydrogen-bond acceptors (Lipinski definition) is 2. The minimum absolute atomic E-state index is 0.0840. The van der Waals surface area contributed by atoms with E-state index in [1.165, 1.54) is 81.4 Å². The highest BCUT2D eigenvalue weighted by atomic mass is 16.5. The van der Waals surface area contributed by atoms with E-state index in [0.717, 1.165) is 37.2 Å². The lowest BCUT2D eigenvalue weighted by molar-refractivity contribution is -0.116. The molecule has 1 amide bonds. The molecule has 2 fully saturated rings. The second-order valence-electron chi connectivity index (χ2n) is 9.71. The van der Waals surface area contributed by atoms with E-state index in [0.29, 0.717) is 12.6 Å². The number of nitrogens with one attached hydrogen (secondary N) is 1. The van der Waals surface area contributed by atoms with E-state index in [9.17, 15) is 4.79 Å². The lowest BCUT2D eigenvalue weighted by Crippen LogP contribution is -2.28. The van der Waals surface area contributed by atoms with Gasteiger partial charge in [0.2, 0.25) is 5.91 Å². The fourth-order valence-electron chi connectivity index (χ4n) is 5.58. The molecule has 0 radical (unpaired) electrons. The Morgan fingerprint density at radius 3 is 2.26 bits per heavy atom. The quantitative estimate of drug-likeness (QED) is 0.321. The van der Waals surface area contributed by atoms with Crippen LogP contribution in [0.5, 0.6) is 0 Å². The maximum absolute atomic E-state index is 11.2. The van der Waals surface area contributed by atoms with Gasteiger partial charge in [0.05, 0.1) is 6.10 Å². The van der Waals surface area contributed by atoms with Gasteiger partial charge in [0.25, 0.3) is 0 Å². The van der Waals surface area contributed by atoms with Crippen LogP contribution in [0.25, 0.3) is 0 Å². The van der Waals surface area contributed by atoms with E-state index in [1.807, 2.05) is 0 Å². The summed E-state index contributed by atoms with van der Waals surface area (Å²) in [5, 5.41) is 2.85. The summed E-state index contributed by atoms with van der Waals surface area (Å²) < 4.78 is 6.07. The highest BCUT2D eigenvalue weighted by Crippen LogP contribution is 2.43. The first-order valence-electron chi connectivity index (χ1n) is 12.8. The molecule has 172 valence electrons. The summed E-state index contributed by atoms with van der Waals surface area (Å²) in [4.78, 5) is 11.2. The second-order valence-corrected chi connectivity index (χ2v) is 9.71. The lowest BCUT2D eigenvalue weighted by atomic mass is 9.69. The normalized spacial score (nSPS) is 26.4. The van der Waals surface area contributed by atoms with Gasteiger partial charge in [-0.25, -0.2) is 0 Å². The van der Waals surface area contributed by atoms with Gasteiger partial charge in [0.1, 0.15) is 0 Å². The van der Waals surface area contributed by atoms with Crippen molar-refractivity contribution in [3.05, 3.63) is 48.0 Å². The summed E-state index contributed by atoms with van der Waals surface area (Å²) >= 11 is 0. The molecule has 0 aromatic heterocycles. The largest absolute Gasteiger partial charge is 0.378 e. The Bertz CT molecular complexity index is 652. The van der Waals surface area contributed by atoms with Gasteiger partial charge < -0.3 is 10.1 Å². The number of carbonyl (C=O) groups excluding carboxylic acids is 1. The summed E-state index contributed by atoms with van der Waals surface area (Å²) in [5.41, 5.74) is 2.89. The van der Waals surface area contributed by atoms with Gasteiger partial charge >= 0.3 is 0 Å². The zero-order valence-electron chi connectivity index (χ0n) is 19.6. The molecule has 0 atom stereocenters. The summed E-state index contributed by atoms with van der Waals surface area (Å²) in [5.74, 6) is 2.54. The van der Waals surface area contributed by atoms with Crippen molar-refractivity contribution in [1.29, 1.82) is 0 Å². The number of carbonyl (C=O) groups is 1. The van der Waals surface area contributed by atoms with Crippen LogP contribution >= 0.6 is 0 Å². The molecule has 0 spiro atoms. The predicted molar refractivity (Wildman–Crippen MR) is 129 cm³/mol. The first kappa shape index (κ1) is 24.0. The van der Waals surface area contributed by atoms with E-state index in [-0.39, 0.29) is 5.91 Å². The number of hydrogen-bond donors (Lipinski definition) is 1. The Morgan fingerprint density at radius 1 is 1.00 bits per heavy atom. The molecule has 0 aliphatic heterocycles. The van der Waals surface area contributed by atoms with Gasteiger partial charge in [-0.05, 0) is 106 Å². The fourth-order valence-corrected chi connectivity index (χ4v) is 5.58. The van der Waals surface area contributed by atoms with Gasteiger partial charge in [-0.3, -0.25) is 4.79 Å². The molecule has 1 aromatic rings. The van der Waals surface area contributed by atoms with Gasteiger partial charge in [0, 0.05) is 13.2 Å². The molecule has 3 nitrogen and oxygen atoms in total. The predicted octanol–water partition coefficient (Wildman–Crippen LogP) is 6.57. The number of ether oxygens (including phenoxy) is 1. The highest BCUT2D eigenvalue weighted by Gasteiger charge is 2.31. The average Bonchev–Trinajstić information content (AvgIpc) is 2.83. The van der Waals surface area contributed by atoms with Crippen molar-refractivity contribution in [2.45, 2.75) is 96.0 Å². The summed E-state index contributed by atoms with van der Waals surface area (Å²) in [6.45, 7) is 7.39. The maximum Gasteiger partial charge on any atom is 0.243 e. The molecular formula is C28H43NO2. The zero-order chi connectivity index (χ0) is 21.9. The van der Waals surface area contributed by atoms with Crippen LogP contribution in [0.4, 0.5) is 0 Å². The molecule has 2 saturated carbocycles. The van der Waals surface area contributed by atoms with Gasteiger partial charge in [-0.15, -0.1) is 0 Å². The number of rotatable bonds is 11. The number of unbranched alkanes of at least 4 members (excludes halogenated alkanes) is 1. The summed E-state index contributed by atoms with van der Waals surface area (Å²) in [6, 6.07) is 9.27. The van der Waals surface area contributed by atoms with E-state index in [1.54, 1.807) is 0 Å². The Hall–Kier alpha value is -1.61. The Morgan fingerprint density at radius 2 is 1.65 bits per heavy atom. The van der Waals surface area contributed by atoms with Crippen LogP contribution in [0.2, 0.25) is 0 Å². The van der Waals surface area contributed by atoms with Crippen LogP contribution in [0.1, 0.15) is 94.6 Å². The fraction of sp³-hybridized carbons (Fsp3) is 0.679. The number of aryl methyl sites for hydroxylation is 1. The smallest absolute Gasteiger partial charge is 0.243 e. The minimum Gasteiger partial charge on any atom is -0.378 e. The highest BCUT2D eigenvalue weighted by molar-refractivity contribution is 5.86. The minimum atomic E-state index is -0.0840. The summed E-state index contributed by atoms with van der Waals surface area (Å²) in [6.07, 6.45) is 17.1. The maximum atomic E-state index is 11.2. The molecule has 0 bridgehead atoms. The molecule has 2 aliphatic carbocycles. The second kappa shape index (κ2) is 13.1. The first-order chi connectivity index (χ1) is 15.2. The van der Waals surface area contributed by atoms with Crippen LogP contribution in [-0.2, 0) is 16.0 Å². The summed E-state index contributed by atoms with van der Waals surface area (Å²) in [7, 11) is 0. The monoisotopic (exact) mass is 425 g/mol. The molecule has 2 aliphatic rings. The van der Waals surface area contributed by atoms with Crippen molar-refractivity contribution < 1.29 is 9.53 Å². The third-order valence-electron chi connectivity index (χ3n) is 7.59. The molecule has 3 heteroatoms. The van der Waals surface area contributed by atoms with E-state index in [2.05, 4.69) is 43.1 Å². The van der Waals surface area contributed by atoms with Crippen LogP contribution in [0.15, 0.2) is 36.9 Å². The third-order valence-corrected chi connectivity index (χ3v) is 7.59. The van der Waals surface area contributed by atoms with E-state index in [4.69, 9.17) is 4.74 Å². The van der Waals surface area contributed by atoms with Crippen LogP contribution in [-0.4, -0.2) is 25.2 Å². The SMILES string of the molecule is C=CC(=O)NCCCc1ccc(C2CCC(C3CCC(OCCCC)CC3)CC2)cc1. The average molecular weight is 426 g/mol. The molecule has 3 rings (SSSR count). The molecular weight excluding hydrogens is 382 g/mol. The Labute approximate surface area is 190 Å². The van der Waals surface area contributed by atoms with Crippen molar-refractivity contribution in [3.63, 3.8) is 0 Å². The Balaban J connectivity index is 1.35. The van der Waals surface area contributed by atoms with Crippen molar-refractivity contribution in [2.24, 2.45) is 11.8 Å². The zero-order valence-corrected chi connectivity index (χ0v) is 19.6. The standard InChI is InChI=1S/C28H43NO2/c1-3-5-21-31-27-18-16-26(17-19-27)25-14-12-24(13-15-25)23-10-8-22(9-11-23)7-6-20-29-28(30)4-2/h4,8-11,24-27H,2-3,5-7,12-21H2,1H3,(H,29,30). The van der Waals surface area contributed by atoms with Gasteiger partial charge in [0.15, 0.2) is 0 Å². The van der Waals surface area contributed by atoms with Crippen LogP contribution < -0.4 is 5.32 Å². The topological polar surface area (TPSA) is 38.3 Å². The number of amides is 1. The van der Waals surface area contributed by atoms with Crippen molar-refractivity contribution in [2.75, 3.05) is 13.2 Å². The molecule has 31 heavy (non-hydrogen) atoms. The Kier molecular flexibility index (Phi) is 10.1. The number of benzene rings is 1. The third kappa shape index (κ3) is 7.79. The molecule has 1 N–H and O–H groups in total. The van der Waals surface area contributed by atoms with E-state index >= 15 is 0 Å². The van der Waals surface area contributed by atoms with Crippen LogP contribution in [0.3, 0.4) is 0 Å². The molecule has 0 heterocycles. The van der Waals surface area contributed by atoms with Crippen LogP contribution in [0, 0.1) is 11.8 Å². The van der Waals surface area contributed by atoms with Crippen molar-refractivity contribution in [1.82, 2.24) is 5.32 Å². The van der Waals surface area contributed by atoms with E-state index < -0.39 is 0 Å². The van der Waals surface area contributed by atoms with Gasteiger partial charge in [-0.2, -0.15) is 0 Å². The molecule has 0 saturated heterocycles. The van der Waals surface area contributed by atoms with Crippen molar-refractivity contribution >= 4 is 5.91 Å².